The van der Waals surface area contributed by atoms with Crippen molar-refractivity contribution in [2.75, 3.05) is 32.8 Å². The van der Waals surface area contributed by atoms with Crippen molar-refractivity contribution in [1.29, 1.82) is 0 Å². The van der Waals surface area contributed by atoms with Crippen molar-refractivity contribution in [3.05, 3.63) is 39.0 Å². The van der Waals surface area contributed by atoms with Crippen molar-refractivity contribution in [1.82, 2.24) is 18.9 Å². The topological polar surface area (TPSA) is 93.8 Å². The van der Waals surface area contributed by atoms with E-state index < -0.39 is 0 Å². The van der Waals surface area contributed by atoms with Gasteiger partial charge in [0.15, 0.2) is 0 Å². The zero-order valence-corrected chi connectivity index (χ0v) is 20.3. The van der Waals surface area contributed by atoms with Crippen LogP contribution >= 0.6 is 0 Å². The Labute approximate surface area is 198 Å². The normalized spacial score (nSPS) is 21.0. The number of carbonyl (C=O) groups excluding carboxylic acids is 2. The molecule has 1 aliphatic heterocycles. The second-order valence-corrected chi connectivity index (χ2v) is 9.42. The lowest BCUT2D eigenvalue weighted by molar-refractivity contribution is -0.142. The molecule has 0 N–H and O–H groups in total. The summed E-state index contributed by atoms with van der Waals surface area (Å²) in [6, 6.07) is 5.23. The van der Waals surface area contributed by atoms with Crippen LogP contribution in [0.1, 0.15) is 39.5 Å². The van der Waals surface area contributed by atoms with Gasteiger partial charge in [0.2, 0.25) is 11.8 Å². The van der Waals surface area contributed by atoms with E-state index in [1.165, 1.54) is 9.13 Å². The van der Waals surface area contributed by atoms with E-state index in [1.807, 2.05) is 11.8 Å². The summed E-state index contributed by atoms with van der Waals surface area (Å²) in [5.74, 6) is 0.989. The summed E-state index contributed by atoms with van der Waals surface area (Å²) < 4.78 is 8.40. The van der Waals surface area contributed by atoms with Gasteiger partial charge in [-0.05, 0) is 56.7 Å². The van der Waals surface area contributed by atoms with Gasteiger partial charge in [0.25, 0.3) is 5.56 Å². The number of piperazine rings is 1. The maximum Gasteiger partial charge on any atom is 0.331 e. The number of benzene rings is 1. The second-order valence-electron chi connectivity index (χ2n) is 9.42. The first-order chi connectivity index (χ1) is 16.3. The molecule has 2 heterocycles. The average Bonchev–Trinajstić information content (AvgIpc) is 2.85. The van der Waals surface area contributed by atoms with Crippen LogP contribution in [0.5, 0.6) is 5.75 Å². The number of carbonyl (C=O) groups is 2. The van der Waals surface area contributed by atoms with E-state index in [1.54, 1.807) is 37.1 Å². The number of aryl methyl sites for hydroxylation is 1. The van der Waals surface area contributed by atoms with Gasteiger partial charge < -0.3 is 14.5 Å². The van der Waals surface area contributed by atoms with Gasteiger partial charge in [0, 0.05) is 52.6 Å². The molecular formula is C25H34N4O5. The van der Waals surface area contributed by atoms with Gasteiger partial charge in [0.1, 0.15) is 5.75 Å². The monoisotopic (exact) mass is 470 g/mol. The zero-order chi connectivity index (χ0) is 24.4. The van der Waals surface area contributed by atoms with Gasteiger partial charge in [-0.2, -0.15) is 0 Å². The van der Waals surface area contributed by atoms with E-state index in [-0.39, 0.29) is 34.9 Å². The van der Waals surface area contributed by atoms with Crippen LogP contribution in [0.15, 0.2) is 27.8 Å². The van der Waals surface area contributed by atoms with Gasteiger partial charge in [-0.1, -0.05) is 0 Å². The van der Waals surface area contributed by atoms with E-state index in [0.717, 1.165) is 25.7 Å². The summed E-state index contributed by atoms with van der Waals surface area (Å²) in [5.41, 5.74) is -0.0155. The molecule has 2 fully saturated rings. The highest BCUT2D eigenvalue weighted by molar-refractivity contribution is 5.80. The Morgan fingerprint density at radius 1 is 1.00 bits per heavy atom. The van der Waals surface area contributed by atoms with Crippen LogP contribution in [0.4, 0.5) is 0 Å². The molecule has 1 aromatic carbocycles. The Balaban J connectivity index is 1.42. The lowest BCUT2D eigenvalue weighted by atomic mass is 9.81. The van der Waals surface area contributed by atoms with Gasteiger partial charge in [0.05, 0.1) is 17.5 Å². The molecule has 34 heavy (non-hydrogen) atoms. The molecule has 0 bridgehead atoms. The minimum Gasteiger partial charge on any atom is -0.494 e. The maximum absolute atomic E-state index is 13.2. The van der Waals surface area contributed by atoms with Crippen molar-refractivity contribution in [3.63, 3.8) is 0 Å². The van der Waals surface area contributed by atoms with Crippen molar-refractivity contribution in [2.24, 2.45) is 18.9 Å². The number of aromatic nitrogens is 2. The van der Waals surface area contributed by atoms with E-state index in [0.29, 0.717) is 56.0 Å². The van der Waals surface area contributed by atoms with Crippen molar-refractivity contribution < 1.29 is 14.3 Å². The summed E-state index contributed by atoms with van der Waals surface area (Å²) in [4.78, 5) is 54.3. The minimum atomic E-state index is -0.316. The number of fused-ring (bicyclic) bond motifs is 1. The molecule has 9 nitrogen and oxygen atoms in total. The smallest absolute Gasteiger partial charge is 0.331 e. The lowest BCUT2D eigenvalue weighted by Gasteiger charge is -2.37. The highest BCUT2D eigenvalue weighted by Crippen LogP contribution is 2.31. The number of ether oxygens (including phenoxy) is 1. The molecule has 1 saturated heterocycles. The molecule has 1 saturated carbocycles. The molecule has 0 atom stereocenters. The Bertz CT molecular complexity index is 1180. The number of rotatable bonds is 5. The molecule has 1 aromatic heterocycles. The largest absolute Gasteiger partial charge is 0.494 e. The van der Waals surface area contributed by atoms with Gasteiger partial charge in [-0.3, -0.25) is 23.5 Å². The van der Waals surface area contributed by atoms with Crippen LogP contribution < -0.4 is 16.0 Å². The van der Waals surface area contributed by atoms with Crippen molar-refractivity contribution in [2.45, 2.75) is 46.1 Å². The predicted molar refractivity (Wildman–Crippen MR) is 129 cm³/mol. The number of hydrogen-bond acceptors (Lipinski definition) is 5. The Morgan fingerprint density at radius 2 is 1.65 bits per heavy atom. The minimum absolute atomic E-state index is 0.0231. The predicted octanol–water partition coefficient (Wildman–Crippen LogP) is 1.60. The average molecular weight is 471 g/mol. The fourth-order valence-electron chi connectivity index (χ4n) is 5.26. The molecule has 2 amide bonds. The molecule has 1 aliphatic carbocycles. The highest BCUT2D eigenvalue weighted by atomic mass is 16.5. The quantitative estimate of drug-likeness (QED) is 0.662. The third-order valence-electron chi connectivity index (χ3n) is 7.31. The number of amides is 2. The van der Waals surface area contributed by atoms with Crippen LogP contribution in [0.3, 0.4) is 0 Å². The Hall–Kier alpha value is -3.10. The molecule has 9 heteroatoms. The highest BCUT2D eigenvalue weighted by Gasteiger charge is 2.32. The summed E-state index contributed by atoms with van der Waals surface area (Å²) in [7, 11) is 1.68. The lowest BCUT2D eigenvalue weighted by Crippen LogP contribution is -2.51. The molecule has 0 radical (unpaired) electrons. The number of nitrogens with zero attached hydrogens (tertiary/aromatic N) is 4. The third kappa shape index (κ3) is 4.74. The molecule has 184 valence electrons. The van der Waals surface area contributed by atoms with Crippen LogP contribution in [-0.2, 0) is 23.2 Å². The summed E-state index contributed by atoms with van der Waals surface area (Å²) in [6.07, 6.45) is 3.12. The van der Waals surface area contributed by atoms with Crippen LogP contribution in [-0.4, -0.2) is 63.5 Å². The molecule has 2 aliphatic rings. The summed E-state index contributed by atoms with van der Waals surface area (Å²) in [6.45, 7) is 6.67. The molecular weight excluding hydrogens is 436 g/mol. The van der Waals surface area contributed by atoms with Crippen molar-refractivity contribution in [3.8, 4) is 5.75 Å². The SMILES string of the molecule is CCOc1ccc2c(c1)c(=O)n(CC1CCC(C(=O)N3CCN(C(C)=O)CC3)CC1)c(=O)n2C. The van der Waals surface area contributed by atoms with Crippen molar-refractivity contribution >= 4 is 22.7 Å². The van der Waals surface area contributed by atoms with E-state index in [4.69, 9.17) is 4.74 Å². The first kappa shape index (κ1) is 24.0. The van der Waals surface area contributed by atoms with E-state index in [2.05, 4.69) is 0 Å². The Kier molecular flexibility index (Phi) is 7.09. The second kappa shape index (κ2) is 10.0. The first-order valence-electron chi connectivity index (χ1n) is 12.2. The molecule has 0 spiro atoms. The number of hydrogen-bond donors (Lipinski definition) is 0. The van der Waals surface area contributed by atoms with E-state index in [9.17, 15) is 19.2 Å². The Morgan fingerprint density at radius 3 is 2.26 bits per heavy atom. The molecule has 2 aromatic rings. The van der Waals surface area contributed by atoms with Gasteiger partial charge >= 0.3 is 5.69 Å². The summed E-state index contributed by atoms with van der Waals surface area (Å²) >= 11 is 0. The van der Waals surface area contributed by atoms with Crippen LogP contribution in [0.2, 0.25) is 0 Å². The standard InChI is InChI=1S/C25H34N4O5/c1-4-34-20-9-10-22-21(15-20)24(32)29(25(33)26(22)3)16-18-5-7-19(8-6-18)23(31)28-13-11-27(12-14-28)17(2)30/h9-10,15,18-19H,4-8,11-14,16H2,1-3H3. The van der Waals surface area contributed by atoms with Crippen LogP contribution in [0.25, 0.3) is 10.9 Å². The third-order valence-corrected chi connectivity index (χ3v) is 7.31. The zero-order valence-electron chi connectivity index (χ0n) is 20.3. The fraction of sp³-hybridized carbons (Fsp3) is 0.600. The molecule has 0 unspecified atom stereocenters. The van der Waals surface area contributed by atoms with Gasteiger partial charge in [-0.15, -0.1) is 0 Å². The molecule has 4 rings (SSSR count). The van der Waals surface area contributed by atoms with Crippen LogP contribution in [0, 0.1) is 11.8 Å². The summed E-state index contributed by atoms with van der Waals surface area (Å²) in [5, 5.41) is 0.474. The maximum atomic E-state index is 13.2. The first-order valence-corrected chi connectivity index (χ1v) is 12.2. The van der Waals surface area contributed by atoms with Gasteiger partial charge in [-0.25, -0.2) is 4.79 Å². The fourth-order valence-corrected chi connectivity index (χ4v) is 5.26. The van der Waals surface area contributed by atoms with E-state index >= 15 is 0 Å².